The third-order valence-electron chi connectivity index (χ3n) is 5.55. The molecular weight excluding hydrogens is 288 g/mol. The molecule has 0 radical (unpaired) electrons. The second-order valence-electron chi connectivity index (χ2n) is 7.41. The molecule has 3 saturated heterocycles. The Labute approximate surface area is 142 Å². The lowest BCUT2D eigenvalue weighted by Crippen LogP contribution is -2.62. The van der Waals surface area contributed by atoms with Crippen LogP contribution in [0, 0.1) is 5.41 Å². The lowest BCUT2D eigenvalue weighted by Gasteiger charge is -2.55. The first-order valence-corrected chi connectivity index (χ1v) is 9.53. The zero-order valence-corrected chi connectivity index (χ0v) is 15.6. The molecule has 1 amide bonds. The van der Waals surface area contributed by atoms with Crippen molar-refractivity contribution in [2.75, 3.05) is 58.9 Å². The molecule has 3 fully saturated rings. The van der Waals surface area contributed by atoms with Gasteiger partial charge in [0.25, 0.3) is 0 Å². The van der Waals surface area contributed by atoms with Gasteiger partial charge in [-0.05, 0) is 32.1 Å². The standard InChI is InChI=1S/C16H30N4O.C2H6/c1-14(2)20-12-16(13-20)3-7-19(8-4-16)15(21)11-18-9-5-17-6-10-18;1-2/h14,17H,3-13H2,1-2H3;1-2H3. The minimum atomic E-state index is 0.340. The van der Waals surface area contributed by atoms with Crippen LogP contribution >= 0.6 is 0 Å². The van der Waals surface area contributed by atoms with Crippen molar-refractivity contribution in [2.24, 2.45) is 5.41 Å². The molecule has 0 bridgehead atoms. The highest BCUT2D eigenvalue weighted by Crippen LogP contribution is 2.41. The van der Waals surface area contributed by atoms with E-state index in [1.807, 2.05) is 13.8 Å². The van der Waals surface area contributed by atoms with Gasteiger partial charge in [-0.3, -0.25) is 14.6 Å². The number of hydrogen-bond donors (Lipinski definition) is 1. The fraction of sp³-hybridized carbons (Fsp3) is 0.944. The van der Waals surface area contributed by atoms with E-state index in [-0.39, 0.29) is 0 Å². The van der Waals surface area contributed by atoms with Crippen LogP contribution in [0.4, 0.5) is 0 Å². The Bertz CT molecular complexity index is 363. The molecule has 0 aliphatic carbocycles. The Morgan fingerprint density at radius 3 is 2.13 bits per heavy atom. The molecule has 1 spiro atoms. The van der Waals surface area contributed by atoms with Crippen LogP contribution < -0.4 is 5.32 Å². The summed E-state index contributed by atoms with van der Waals surface area (Å²) in [6, 6.07) is 0.669. The smallest absolute Gasteiger partial charge is 0.236 e. The van der Waals surface area contributed by atoms with E-state index in [1.165, 1.54) is 25.9 Å². The summed E-state index contributed by atoms with van der Waals surface area (Å²) in [4.78, 5) is 19.4. The lowest BCUT2D eigenvalue weighted by molar-refractivity contribution is -0.138. The molecule has 0 aromatic heterocycles. The van der Waals surface area contributed by atoms with E-state index < -0.39 is 0 Å². The maximum absolute atomic E-state index is 12.4. The average Bonchev–Trinajstić information content (AvgIpc) is 2.55. The molecule has 0 saturated carbocycles. The quantitative estimate of drug-likeness (QED) is 0.848. The van der Waals surface area contributed by atoms with Crippen molar-refractivity contribution in [1.82, 2.24) is 20.0 Å². The molecule has 23 heavy (non-hydrogen) atoms. The summed E-state index contributed by atoms with van der Waals surface area (Å²) in [5, 5.41) is 3.34. The van der Waals surface area contributed by atoms with Crippen LogP contribution in [0.3, 0.4) is 0 Å². The Balaban J connectivity index is 0.000000924. The molecule has 0 atom stereocenters. The number of amides is 1. The Hall–Kier alpha value is -0.650. The van der Waals surface area contributed by atoms with Crippen LogP contribution in [0.1, 0.15) is 40.5 Å². The normalized spacial score (nSPS) is 25.0. The van der Waals surface area contributed by atoms with E-state index in [1.54, 1.807) is 0 Å². The highest BCUT2D eigenvalue weighted by atomic mass is 16.2. The largest absolute Gasteiger partial charge is 0.342 e. The van der Waals surface area contributed by atoms with Crippen molar-refractivity contribution >= 4 is 5.91 Å². The van der Waals surface area contributed by atoms with Gasteiger partial charge in [-0.2, -0.15) is 0 Å². The van der Waals surface area contributed by atoms with Crippen LogP contribution in [-0.2, 0) is 4.79 Å². The van der Waals surface area contributed by atoms with Gasteiger partial charge in [-0.25, -0.2) is 0 Å². The molecule has 5 nitrogen and oxygen atoms in total. The molecule has 3 rings (SSSR count). The molecule has 0 aromatic carbocycles. The number of nitrogens with zero attached hydrogens (tertiary/aromatic N) is 3. The van der Waals surface area contributed by atoms with Crippen LogP contribution in [0.2, 0.25) is 0 Å². The monoisotopic (exact) mass is 324 g/mol. The van der Waals surface area contributed by atoms with Gasteiger partial charge in [-0.1, -0.05) is 13.8 Å². The Morgan fingerprint density at radius 1 is 1.04 bits per heavy atom. The number of rotatable bonds is 3. The van der Waals surface area contributed by atoms with Gasteiger partial charge in [0.2, 0.25) is 5.91 Å². The third-order valence-corrected chi connectivity index (χ3v) is 5.55. The number of carbonyl (C=O) groups excluding carboxylic acids is 1. The first-order chi connectivity index (χ1) is 11.1. The van der Waals surface area contributed by atoms with Crippen LogP contribution in [0.25, 0.3) is 0 Å². The number of piperazine rings is 1. The van der Waals surface area contributed by atoms with Crippen LogP contribution in [-0.4, -0.2) is 85.6 Å². The number of hydrogen-bond acceptors (Lipinski definition) is 4. The number of piperidine rings is 1. The second-order valence-corrected chi connectivity index (χ2v) is 7.41. The van der Waals surface area contributed by atoms with Crippen LogP contribution in [0.15, 0.2) is 0 Å². The predicted octanol–water partition coefficient (Wildman–Crippen LogP) is 1.25. The summed E-state index contributed by atoms with van der Waals surface area (Å²) in [5.41, 5.74) is 0.524. The van der Waals surface area contributed by atoms with Gasteiger partial charge in [0, 0.05) is 58.4 Å². The van der Waals surface area contributed by atoms with Crippen molar-refractivity contribution in [3.05, 3.63) is 0 Å². The molecule has 1 N–H and O–H groups in total. The lowest BCUT2D eigenvalue weighted by atomic mass is 9.71. The van der Waals surface area contributed by atoms with Crippen molar-refractivity contribution in [1.29, 1.82) is 0 Å². The summed E-state index contributed by atoms with van der Waals surface area (Å²) in [7, 11) is 0. The summed E-state index contributed by atoms with van der Waals surface area (Å²) in [5.74, 6) is 0.340. The third kappa shape index (κ3) is 4.68. The average molecular weight is 325 g/mol. The maximum Gasteiger partial charge on any atom is 0.236 e. The fourth-order valence-electron chi connectivity index (χ4n) is 3.89. The number of likely N-dealkylation sites (tertiary alicyclic amines) is 2. The van der Waals surface area contributed by atoms with Crippen molar-refractivity contribution in [2.45, 2.75) is 46.6 Å². The first kappa shape index (κ1) is 18.7. The minimum absolute atomic E-state index is 0.340. The summed E-state index contributed by atoms with van der Waals surface area (Å²) >= 11 is 0. The van der Waals surface area contributed by atoms with Gasteiger partial charge < -0.3 is 10.2 Å². The molecule has 0 aromatic rings. The molecule has 3 aliphatic heterocycles. The van der Waals surface area contributed by atoms with Crippen molar-refractivity contribution in [3.63, 3.8) is 0 Å². The van der Waals surface area contributed by atoms with Gasteiger partial charge >= 0.3 is 0 Å². The van der Waals surface area contributed by atoms with E-state index in [2.05, 4.69) is 33.9 Å². The zero-order chi connectivity index (χ0) is 16.9. The predicted molar refractivity (Wildman–Crippen MR) is 95.6 cm³/mol. The molecule has 3 aliphatic rings. The van der Waals surface area contributed by atoms with Gasteiger partial charge in [0.05, 0.1) is 6.54 Å². The summed E-state index contributed by atoms with van der Waals surface area (Å²) < 4.78 is 0. The molecule has 134 valence electrons. The van der Waals surface area contributed by atoms with E-state index >= 15 is 0 Å². The van der Waals surface area contributed by atoms with E-state index in [0.717, 1.165) is 39.3 Å². The van der Waals surface area contributed by atoms with Gasteiger partial charge in [0.1, 0.15) is 0 Å². The highest BCUT2D eigenvalue weighted by molar-refractivity contribution is 5.78. The Kier molecular flexibility index (Phi) is 6.86. The summed E-state index contributed by atoms with van der Waals surface area (Å²) in [6.07, 6.45) is 2.40. The SMILES string of the molecule is CC.CC(C)N1CC2(CCN(C(=O)CN3CCNCC3)CC2)C1. The molecular formula is C18H36N4O. The molecule has 3 heterocycles. The van der Waals surface area contributed by atoms with Crippen LogP contribution in [0.5, 0.6) is 0 Å². The molecule has 5 heteroatoms. The highest BCUT2D eigenvalue weighted by Gasteiger charge is 2.45. The maximum atomic E-state index is 12.4. The van der Waals surface area contributed by atoms with Crippen molar-refractivity contribution < 1.29 is 4.79 Å². The minimum Gasteiger partial charge on any atom is -0.342 e. The zero-order valence-electron chi connectivity index (χ0n) is 15.6. The van der Waals surface area contributed by atoms with E-state index in [9.17, 15) is 4.79 Å². The van der Waals surface area contributed by atoms with E-state index in [0.29, 0.717) is 23.9 Å². The molecule has 0 unspecified atom stereocenters. The first-order valence-electron chi connectivity index (χ1n) is 9.53. The number of carbonyl (C=O) groups is 1. The van der Waals surface area contributed by atoms with Gasteiger partial charge in [-0.15, -0.1) is 0 Å². The Morgan fingerprint density at radius 2 is 1.61 bits per heavy atom. The fourth-order valence-corrected chi connectivity index (χ4v) is 3.89. The second kappa shape index (κ2) is 8.45. The van der Waals surface area contributed by atoms with Crippen molar-refractivity contribution in [3.8, 4) is 0 Å². The topological polar surface area (TPSA) is 38.8 Å². The summed E-state index contributed by atoms with van der Waals surface area (Å²) in [6.45, 7) is 17.6. The van der Waals surface area contributed by atoms with E-state index in [4.69, 9.17) is 0 Å². The number of nitrogens with one attached hydrogen (secondary N) is 1. The van der Waals surface area contributed by atoms with Gasteiger partial charge in [0.15, 0.2) is 0 Å².